The second-order valence-corrected chi connectivity index (χ2v) is 5.94. The summed E-state index contributed by atoms with van der Waals surface area (Å²) in [5.74, 6) is 0.222. The molecule has 0 aliphatic heterocycles. The number of phenols is 1. The molecule has 4 heteroatoms. The Bertz CT molecular complexity index is 710. The van der Waals surface area contributed by atoms with Gasteiger partial charge in [0.05, 0.1) is 5.56 Å². The molecule has 0 fully saturated rings. The zero-order valence-corrected chi connectivity index (χ0v) is 11.8. The Morgan fingerprint density at radius 3 is 2.95 bits per heavy atom. The van der Waals surface area contributed by atoms with E-state index in [2.05, 4.69) is 11.1 Å². The smallest absolute Gasteiger partial charge is 0.134 e. The summed E-state index contributed by atoms with van der Waals surface area (Å²) in [6.07, 6.45) is 6.13. The van der Waals surface area contributed by atoms with E-state index in [1.165, 1.54) is 16.9 Å². The van der Waals surface area contributed by atoms with Crippen LogP contribution in [0.2, 0.25) is 0 Å². The number of hydrogen-bond donors (Lipinski definition) is 1. The van der Waals surface area contributed by atoms with E-state index in [1.807, 2.05) is 6.07 Å². The van der Waals surface area contributed by atoms with Crippen molar-refractivity contribution in [2.75, 3.05) is 0 Å². The Morgan fingerprint density at radius 2 is 2.15 bits per heavy atom. The molecule has 0 spiro atoms. The first kappa shape index (κ1) is 12.9. The number of fused-ring (bicyclic) bond motifs is 1. The summed E-state index contributed by atoms with van der Waals surface area (Å²) in [5, 5.41) is 19.6. The van der Waals surface area contributed by atoms with Crippen LogP contribution < -0.4 is 0 Å². The molecule has 0 radical (unpaired) electrons. The second kappa shape index (κ2) is 5.48. The number of nitriles is 1. The van der Waals surface area contributed by atoms with Crippen molar-refractivity contribution in [3.63, 3.8) is 0 Å². The van der Waals surface area contributed by atoms with Gasteiger partial charge < -0.3 is 5.11 Å². The highest BCUT2D eigenvalue weighted by Gasteiger charge is 2.19. The van der Waals surface area contributed by atoms with Crippen molar-refractivity contribution in [3.8, 4) is 11.8 Å². The number of aliphatic imine (C=N–C) groups is 1. The van der Waals surface area contributed by atoms with Gasteiger partial charge in [-0.3, -0.25) is 0 Å². The van der Waals surface area contributed by atoms with Gasteiger partial charge in [0, 0.05) is 11.1 Å². The zero-order chi connectivity index (χ0) is 13.9. The molecule has 0 saturated carbocycles. The quantitative estimate of drug-likeness (QED) is 0.848. The fraction of sp³-hybridized carbons (Fsp3) is 0.250. The van der Waals surface area contributed by atoms with Crippen molar-refractivity contribution < 1.29 is 5.11 Å². The molecule has 0 unspecified atom stereocenters. The SMILES string of the molecule is N#Cc1c(/N=C/c2cccc(O)c2)sc2c1CCCC2. The lowest BCUT2D eigenvalue weighted by atomic mass is 9.96. The van der Waals surface area contributed by atoms with Crippen molar-refractivity contribution in [2.24, 2.45) is 4.99 Å². The molecule has 1 N–H and O–H groups in total. The molecular weight excluding hydrogens is 268 g/mol. The highest BCUT2D eigenvalue weighted by atomic mass is 32.1. The molecule has 3 rings (SSSR count). The van der Waals surface area contributed by atoms with Crippen molar-refractivity contribution in [1.82, 2.24) is 0 Å². The number of phenolic OH excluding ortho intramolecular Hbond substituents is 1. The number of aromatic hydroxyl groups is 1. The highest BCUT2D eigenvalue weighted by molar-refractivity contribution is 7.16. The Hall–Kier alpha value is -2.12. The van der Waals surface area contributed by atoms with Crippen LogP contribution in [0.3, 0.4) is 0 Å². The summed E-state index contributed by atoms with van der Waals surface area (Å²) in [5.41, 5.74) is 2.77. The van der Waals surface area contributed by atoms with Crippen LogP contribution in [-0.4, -0.2) is 11.3 Å². The molecule has 2 aromatic rings. The average molecular weight is 282 g/mol. The molecule has 100 valence electrons. The molecule has 0 amide bonds. The Morgan fingerprint density at radius 1 is 1.30 bits per heavy atom. The monoisotopic (exact) mass is 282 g/mol. The predicted molar refractivity (Wildman–Crippen MR) is 81.0 cm³/mol. The molecule has 1 aromatic carbocycles. The summed E-state index contributed by atoms with van der Waals surface area (Å²) in [6.45, 7) is 0. The summed E-state index contributed by atoms with van der Waals surface area (Å²) in [6, 6.07) is 9.24. The minimum absolute atomic E-state index is 0.222. The van der Waals surface area contributed by atoms with Gasteiger partial charge in [0.2, 0.25) is 0 Å². The maximum Gasteiger partial charge on any atom is 0.134 e. The van der Waals surface area contributed by atoms with Gasteiger partial charge in [0.15, 0.2) is 0 Å². The molecule has 1 aliphatic rings. The van der Waals surface area contributed by atoms with Crippen LogP contribution in [0.5, 0.6) is 5.75 Å². The van der Waals surface area contributed by atoms with Gasteiger partial charge in [-0.2, -0.15) is 5.26 Å². The first-order valence-electron chi connectivity index (χ1n) is 6.65. The topological polar surface area (TPSA) is 56.4 Å². The summed E-state index contributed by atoms with van der Waals surface area (Å²) in [4.78, 5) is 5.77. The minimum Gasteiger partial charge on any atom is -0.508 e. The number of benzene rings is 1. The molecule has 0 saturated heterocycles. The molecule has 1 heterocycles. The van der Waals surface area contributed by atoms with E-state index in [4.69, 9.17) is 0 Å². The lowest BCUT2D eigenvalue weighted by Gasteiger charge is -2.09. The Kier molecular flexibility index (Phi) is 3.53. The Labute approximate surface area is 121 Å². The second-order valence-electron chi connectivity index (χ2n) is 4.86. The molecule has 20 heavy (non-hydrogen) atoms. The average Bonchev–Trinajstić information content (AvgIpc) is 2.82. The fourth-order valence-electron chi connectivity index (χ4n) is 2.50. The van der Waals surface area contributed by atoms with Crippen LogP contribution in [-0.2, 0) is 12.8 Å². The predicted octanol–water partition coefficient (Wildman–Crippen LogP) is 3.95. The third-order valence-electron chi connectivity index (χ3n) is 3.47. The standard InChI is InChI=1S/C16H14N2OS/c17-9-14-13-6-1-2-7-15(13)20-16(14)18-10-11-4-3-5-12(19)8-11/h3-5,8,10,19H,1-2,6-7H2/b18-10+. The number of hydrogen-bond acceptors (Lipinski definition) is 4. The van der Waals surface area contributed by atoms with Crippen molar-refractivity contribution in [3.05, 3.63) is 45.8 Å². The van der Waals surface area contributed by atoms with E-state index < -0.39 is 0 Å². The third-order valence-corrected chi connectivity index (χ3v) is 4.67. The lowest BCUT2D eigenvalue weighted by Crippen LogP contribution is -1.99. The largest absolute Gasteiger partial charge is 0.508 e. The van der Waals surface area contributed by atoms with E-state index in [0.717, 1.165) is 35.4 Å². The highest BCUT2D eigenvalue weighted by Crippen LogP contribution is 2.39. The maximum absolute atomic E-state index is 9.43. The fourth-order valence-corrected chi connectivity index (χ4v) is 3.68. The van der Waals surface area contributed by atoms with E-state index in [9.17, 15) is 10.4 Å². The van der Waals surface area contributed by atoms with Gasteiger partial charge in [-0.25, -0.2) is 4.99 Å². The number of thiophene rings is 1. The first-order chi connectivity index (χ1) is 9.78. The van der Waals surface area contributed by atoms with Crippen LogP contribution in [0, 0.1) is 11.3 Å². The zero-order valence-electron chi connectivity index (χ0n) is 11.0. The number of aryl methyl sites for hydroxylation is 1. The summed E-state index contributed by atoms with van der Waals surface area (Å²) in [7, 11) is 0. The number of nitrogens with zero attached hydrogens (tertiary/aromatic N) is 2. The Balaban J connectivity index is 1.95. The van der Waals surface area contributed by atoms with E-state index in [-0.39, 0.29) is 5.75 Å². The van der Waals surface area contributed by atoms with Gasteiger partial charge in [0.25, 0.3) is 0 Å². The number of rotatable bonds is 2. The van der Waals surface area contributed by atoms with Crippen LogP contribution in [0.15, 0.2) is 29.3 Å². The van der Waals surface area contributed by atoms with Crippen LogP contribution in [0.4, 0.5) is 5.00 Å². The van der Waals surface area contributed by atoms with Gasteiger partial charge in [-0.05, 0) is 48.9 Å². The van der Waals surface area contributed by atoms with E-state index >= 15 is 0 Å². The van der Waals surface area contributed by atoms with E-state index in [1.54, 1.807) is 35.8 Å². The lowest BCUT2D eigenvalue weighted by molar-refractivity contribution is 0.475. The minimum atomic E-state index is 0.222. The van der Waals surface area contributed by atoms with Gasteiger partial charge in [-0.1, -0.05) is 12.1 Å². The molecule has 3 nitrogen and oxygen atoms in total. The van der Waals surface area contributed by atoms with Crippen molar-refractivity contribution in [1.29, 1.82) is 5.26 Å². The molecule has 0 bridgehead atoms. The first-order valence-corrected chi connectivity index (χ1v) is 7.47. The molecule has 0 atom stereocenters. The summed E-state index contributed by atoms with van der Waals surface area (Å²) >= 11 is 1.63. The van der Waals surface area contributed by atoms with Crippen molar-refractivity contribution >= 4 is 22.6 Å². The maximum atomic E-state index is 9.43. The van der Waals surface area contributed by atoms with Gasteiger partial charge >= 0.3 is 0 Å². The van der Waals surface area contributed by atoms with E-state index in [0.29, 0.717) is 0 Å². The van der Waals surface area contributed by atoms with Crippen molar-refractivity contribution in [2.45, 2.75) is 25.7 Å². The third kappa shape index (κ3) is 2.45. The van der Waals surface area contributed by atoms with Crippen LogP contribution in [0.1, 0.15) is 34.4 Å². The molecule has 1 aliphatic carbocycles. The molecular formula is C16H14N2OS. The van der Waals surface area contributed by atoms with Crippen LogP contribution >= 0.6 is 11.3 Å². The van der Waals surface area contributed by atoms with Gasteiger partial charge in [-0.15, -0.1) is 11.3 Å². The van der Waals surface area contributed by atoms with Gasteiger partial charge in [0.1, 0.15) is 16.8 Å². The normalized spacial score (nSPS) is 14.2. The summed E-state index contributed by atoms with van der Waals surface area (Å²) < 4.78 is 0. The molecule has 1 aromatic heterocycles. The van der Waals surface area contributed by atoms with Crippen LogP contribution in [0.25, 0.3) is 0 Å².